The molecule has 0 amide bonds. The van der Waals surface area contributed by atoms with Crippen molar-refractivity contribution < 1.29 is 47.1 Å². The van der Waals surface area contributed by atoms with Gasteiger partial charge in [0, 0.05) is 17.1 Å². The monoisotopic (exact) mass is 331 g/mol. The van der Waals surface area contributed by atoms with Gasteiger partial charge in [0.1, 0.15) is 22.6 Å². The number of hydrogen-bond donors (Lipinski definition) is 4. The molecule has 2 aromatic rings. The number of aromatic carboxylic acids is 2. The van der Waals surface area contributed by atoms with Crippen molar-refractivity contribution in [3.63, 3.8) is 0 Å². The molecule has 21 heavy (non-hydrogen) atoms. The maximum atomic E-state index is 10.3. The molecule has 0 aliphatic carbocycles. The van der Waals surface area contributed by atoms with Crippen LogP contribution < -0.4 is 0 Å². The van der Waals surface area contributed by atoms with Gasteiger partial charge in [-0.05, 0) is 24.3 Å². The van der Waals surface area contributed by atoms with E-state index in [1.54, 1.807) is 24.3 Å². The van der Waals surface area contributed by atoms with Crippen LogP contribution in [0.15, 0.2) is 48.5 Å². The summed E-state index contributed by atoms with van der Waals surface area (Å²) in [5.41, 5.74) is -0.134. The van der Waals surface area contributed by atoms with E-state index >= 15 is 0 Å². The third-order valence-corrected chi connectivity index (χ3v) is 2.27. The van der Waals surface area contributed by atoms with Crippen LogP contribution in [-0.4, -0.2) is 32.4 Å². The molecule has 0 saturated carbocycles. The Kier molecular flexibility index (Phi) is 7.60. The number of phenols is 2. The van der Waals surface area contributed by atoms with Gasteiger partial charge in [0.25, 0.3) is 0 Å². The van der Waals surface area contributed by atoms with Crippen molar-refractivity contribution in [2.24, 2.45) is 0 Å². The van der Waals surface area contributed by atoms with E-state index < -0.39 is 11.9 Å². The molecule has 2 aromatic carbocycles. The van der Waals surface area contributed by atoms with Crippen LogP contribution in [0.1, 0.15) is 20.7 Å². The zero-order chi connectivity index (χ0) is 15.1. The zero-order valence-electron chi connectivity index (χ0n) is 10.6. The van der Waals surface area contributed by atoms with Gasteiger partial charge in [-0.3, -0.25) is 0 Å². The molecule has 0 aliphatic rings. The second-order valence-corrected chi connectivity index (χ2v) is 3.64. The van der Waals surface area contributed by atoms with E-state index in [-0.39, 0.29) is 39.7 Å². The molecule has 0 heterocycles. The predicted octanol–water partition coefficient (Wildman–Crippen LogP) is 2.18. The van der Waals surface area contributed by atoms with Crippen molar-refractivity contribution in [3.05, 3.63) is 59.7 Å². The van der Waals surface area contributed by atoms with Crippen LogP contribution in [0.4, 0.5) is 0 Å². The first kappa shape index (κ1) is 18.5. The molecule has 0 atom stereocenters. The Labute approximate surface area is 130 Å². The van der Waals surface area contributed by atoms with Gasteiger partial charge < -0.3 is 20.4 Å². The van der Waals surface area contributed by atoms with Crippen molar-refractivity contribution in [1.29, 1.82) is 0 Å². The molecule has 4 N–H and O–H groups in total. The topological polar surface area (TPSA) is 115 Å². The van der Waals surface area contributed by atoms with Crippen LogP contribution in [0.5, 0.6) is 11.5 Å². The fraction of sp³-hybridized carbons (Fsp3) is 0. The fourth-order valence-electron chi connectivity index (χ4n) is 1.31. The molecule has 0 fully saturated rings. The molecule has 0 bridgehead atoms. The van der Waals surface area contributed by atoms with Crippen LogP contribution in [0, 0.1) is 0 Å². The molecule has 0 unspecified atom stereocenters. The van der Waals surface area contributed by atoms with Gasteiger partial charge in [0.15, 0.2) is 0 Å². The molecule has 1 radical (unpaired) electrons. The third kappa shape index (κ3) is 5.56. The summed E-state index contributed by atoms with van der Waals surface area (Å²) in [5.74, 6) is -2.62. The molecule has 111 valence electrons. The fourth-order valence-corrected chi connectivity index (χ4v) is 1.31. The van der Waals surface area contributed by atoms with Gasteiger partial charge >= 0.3 is 11.9 Å². The Hall–Kier alpha value is -2.50. The molecule has 7 heteroatoms. The average Bonchev–Trinajstić information content (AvgIpc) is 2.40. The summed E-state index contributed by atoms with van der Waals surface area (Å²) in [4.78, 5) is 20.5. The number of rotatable bonds is 2. The zero-order valence-corrected chi connectivity index (χ0v) is 11.8. The predicted molar refractivity (Wildman–Crippen MR) is 70.1 cm³/mol. The molecular weight excluding hydrogens is 319 g/mol. The minimum absolute atomic E-state index is 0. The van der Waals surface area contributed by atoms with Crippen LogP contribution in [-0.2, 0) is 17.1 Å². The molecule has 0 spiro atoms. The first-order valence-electron chi connectivity index (χ1n) is 5.46. The maximum absolute atomic E-state index is 10.3. The Morgan fingerprint density at radius 1 is 0.667 bits per heavy atom. The van der Waals surface area contributed by atoms with Crippen LogP contribution >= 0.6 is 0 Å². The van der Waals surface area contributed by atoms with E-state index in [0.29, 0.717) is 0 Å². The van der Waals surface area contributed by atoms with Crippen molar-refractivity contribution >= 4 is 11.9 Å². The van der Waals surface area contributed by atoms with Crippen LogP contribution in [0.2, 0.25) is 0 Å². The molecule has 6 nitrogen and oxygen atoms in total. The minimum Gasteiger partial charge on any atom is -0.507 e. The summed E-state index contributed by atoms with van der Waals surface area (Å²) in [6.45, 7) is 0. The molecule has 0 saturated heterocycles. The average molecular weight is 331 g/mol. The van der Waals surface area contributed by atoms with E-state index in [9.17, 15) is 9.59 Å². The number of hydrogen-bond acceptors (Lipinski definition) is 4. The summed E-state index contributed by atoms with van der Waals surface area (Å²) >= 11 is 0. The summed E-state index contributed by atoms with van der Waals surface area (Å²) in [5, 5.41) is 34.6. The Balaban J connectivity index is 0.000000364. The van der Waals surface area contributed by atoms with Crippen molar-refractivity contribution in [2.75, 3.05) is 0 Å². The van der Waals surface area contributed by atoms with Gasteiger partial charge in [-0.25, -0.2) is 9.59 Å². The summed E-state index contributed by atoms with van der Waals surface area (Å²) in [6.07, 6.45) is 0. The SMILES string of the molecule is O=C(O)c1ccccc1O.O=C(O)c1ccccc1O.[Mn]. The van der Waals surface area contributed by atoms with Gasteiger partial charge in [0.2, 0.25) is 0 Å². The third-order valence-electron chi connectivity index (χ3n) is 2.27. The first-order valence-corrected chi connectivity index (χ1v) is 5.46. The number of aromatic hydroxyl groups is 2. The molecule has 0 aliphatic heterocycles. The van der Waals surface area contributed by atoms with E-state index in [1.165, 1.54) is 24.3 Å². The molecule has 2 rings (SSSR count). The van der Waals surface area contributed by atoms with Gasteiger partial charge in [-0.1, -0.05) is 24.3 Å². The van der Waals surface area contributed by atoms with Crippen molar-refractivity contribution in [2.45, 2.75) is 0 Å². The number of carbonyl (C=O) groups is 2. The Morgan fingerprint density at radius 2 is 0.952 bits per heavy atom. The van der Waals surface area contributed by atoms with Crippen LogP contribution in [0.3, 0.4) is 0 Å². The van der Waals surface area contributed by atoms with Crippen LogP contribution in [0.25, 0.3) is 0 Å². The Morgan fingerprint density at radius 3 is 1.14 bits per heavy atom. The summed E-state index contributed by atoms with van der Waals surface area (Å²) in [7, 11) is 0. The smallest absolute Gasteiger partial charge is 0.339 e. The summed E-state index contributed by atoms with van der Waals surface area (Å²) < 4.78 is 0. The molecular formula is C14H12MnO6. The largest absolute Gasteiger partial charge is 0.507 e. The van der Waals surface area contributed by atoms with E-state index in [0.717, 1.165) is 0 Å². The van der Waals surface area contributed by atoms with Crippen molar-refractivity contribution in [3.8, 4) is 11.5 Å². The second-order valence-electron chi connectivity index (χ2n) is 3.64. The second kappa shape index (κ2) is 8.63. The summed E-state index contributed by atoms with van der Waals surface area (Å²) in [6, 6.07) is 11.6. The van der Waals surface area contributed by atoms with Crippen molar-refractivity contribution in [1.82, 2.24) is 0 Å². The van der Waals surface area contributed by atoms with E-state index in [1.807, 2.05) is 0 Å². The van der Waals surface area contributed by atoms with Gasteiger partial charge in [0.05, 0.1) is 0 Å². The number of benzene rings is 2. The Bertz CT molecular complexity index is 571. The maximum Gasteiger partial charge on any atom is 0.339 e. The van der Waals surface area contributed by atoms with Gasteiger partial charge in [-0.15, -0.1) is 0 Å². The first-order chi connectivity index (χ1) is 9.43. The van der Waals surface area contributed by atoms with E-state index in [2.05, 4.69) is 0 Å². The molecule has 0 aromatic heterocycles. The number of para-hydroxylation sites is 2. The van der Waals surface area contributed by atoms with E-state index in [4.69, 9.17) is 20.4 Å². The standard InChI is InChI=1S/2C7H6O3.Mn/c2*8-6-4-2-1-3-5(6)7(9)10;/h2*1-4,8H,(H,9,10);. The minimum atomic E-state index is -1.11. The number of carboxylic acids is 2. The number of carboxylic acid groups (broad SMARTS) is 2. The normalized spacial score (nSPS) is 8.76. The quantitative estimate of drug-likeness (QED) is 0.627. The van der Waals surface area contributed by atoms with Gasteiger partial charge in [-0.2, -0.15) is 0 Å².